The molecule has 0 spiro atoms. The summed E-state index contributed by atoms with van der Waals surface area (Å²) in [6.07, 6.45) is 4.25. The van der Waals surface area contributed by atoms with Gasteiger partial charge in [-0.3, -0.25) is 9.69 Å². The first-order chi connectivity index (χ1) is 6.72. The maximum atomic E-state index is 11.1. The molecule has 14 heavy (non-hydrogen) atoms. The SMILES string of the molecule is NCCC(C(=O)O)N1CC2CCC1C2. The van der Waals surface area contributed by atoms with Crippen LogP contribution in [0, 0.1) is 5.92 Å². The fourth-order valence-corrected chi connectivity index (χ4v) is 2.93. The molecule has 2 aliphatic rings. The quantitative estimate of drug-likeness (QED) is 0.680. The molecule has 2 fully saturated rings. The van der Waals surface area contributed by atoms with Crippen molar-refractivity contribution < 1.29 is 9.90 Å². The van der Waals surface area contributed by atoms with Crippen molar-refractivity contribution in [2.75, 3.05) is 13.1 Å². The number of carbonyl (C=O) groups is 1. The topological polar surface area (TPSA) is 66.6 Å². The number of aliphatic carboxylic acids is 1. The van der Waals surface area contributed by atoms with E-state index in [1.54, 1.807) is 0 Å². The van der Waals surface area contributed by atoms with Gasteiger partial charge in [0.2, 0.25) is 0 Å². The molecular weight excluding hydrogens is 180 g/mol. The fraction of sp³-hybridized carbons (Fsp3) is 0.900. The first-order valence-corrected chi connectivity index (χ1v) is 5.41. The number of fused-ring (bicyclic) bond motifs is 2. The molecule has 0 aromatic carbocycles. The van der Waals surface area contributed by atoms with Crippen molar-refractivity contribution in [3.8, 4) is 0 Å². The summed E-state index contributed by atoms with van der Waals surface area (Å²) in [6.45, 7) is 1.44. The van der Waals surface area contributed by atoms with E-state index in [1.165, 1.54) is 19.3 Å². The lowest BCUT2D eigenvalue weighted by atomic mass is 10.1. The van der Waals surface area contributed by atoms with Gasteiger partial charge in [0.05, 0.1) is 0 Å². The lowest BCUT2D eigenvalue weighted by Crippen LogP contribution is -2.46. The Labute approximate surface area is 84.1 Å². The molecule has 3 atom stereocenters. The predicted molar refractivity (Wildman–Crippen MR) is 52.9 cm³/mol. The number of nitrogens with two attached hydrogens (primary N) is 1. The van der Waals surface area contributed by atoms with E-state index in [2.05, 4.69) is 4.90 Å². The molecule has 0 radical (unpaired) electrons. The second kappa shape index (κ2) is 3.87. The number of carboxylic acids is 1. The molecular formula is C10H18N2O2. The van der Waals surface area contributed by atoms with Crippen LogP contribution in [0.25, 0.3) is 0 Å². The first-order valence-electron chi connectivity index (χ1n) is 5.41. The van der Waals surface area contributed by atoms with E-state index in [0.29, 0.717) is 19.0 Å². The van der Waals surface area contributed by atoms with E-state index in [1.807, 2.05) is 0 Å². The van der Waals surface area contributed by atoms with Crippen molar-refractivity contribution >= 4 is 5.97 Å². The highest BCUT2D eigenvalue weighted by Gasteiger charge is 2.42. The lowest BCUT2D eigenvalue weighted by Gasteiger charge is -2.32. The summed E-state index contributed by atoms with van der Waals surface area (Å²) < 4.78 is 0. The molecule has 3 unspecified atom stereocenters. The minimum absolute atomic E-state index is 0.338. The molecule has 1 saturated carbocycles. The maximum absolute atomic E-state index is 11.1. The molecule has 2 bridgehead atoms. The summed E-state index contributed by atoms with van der Waals surface area (Å²) >= 11 is 0. The highest BCUT2D eigenvalue weighted by atomic mass is 16.4. The normalized spacial score (nSPS) is 33.5. The Morgan fingerprint density at radius 3 is 2.79 bits per heavy atom. The molecule has 1 aliphatic carbocycles. The van der Waals surface area contributed by atoms with Crippen LogP contribution in [0.1, 0.15) is 25.7 Å². The minimum Gasteiger partial charge on any atom is -0.480 e. The second-order valence-corrected chi connectivity index (χ2v) is 4.46. The van der Waals surface area contributed by atoms with Crippen LogP contribution in [0.3, 0.4) is 0 Å². The molecule has 3 N–H and O–H groups in total. The Hall–Kier alpha value is -0.610. The van der Waals surface area contributed by atoms with Crippen molar-refractivity contribution in [1.29, 1.82) is 0 Å². The van der Waals surface area contributed by atoms with Crippen LogP contribution in [0.4, 0.5) is 0 Å². The molecule has 1 saturated heterocycles. The predicted octanol–water partition coefficient (Wildman–Crippen LogP) is 0.273. The Balaban J connectivity index is 2.01. The van der Waals surface area contributed by atoms with E-state index >= 15 is 0 Å². The van der Waals surface area contributed by atoms with E-state index in [4.69, 9.17) is 10.8 Å². The van der Waals surface area contributed by atoms with Crippen LogP contribution in [-0.2, 0) is 4.79 Å². The average molecular weight is 198 g/mol. The van der Waals surface area contributed by atoms with Crippen LogP contribution < -0.4 is 5.73 Å². The molecule has 1 heterocycles. The molecule has 1 aliphatic heterocycles. The van der Waals surface area contributed by atoms with Gasteiger partial charge < -0.3 is 10.8 Å². The molecule has 0 amide bonds. The van der Waals surface area contributed by atoms with Gasteiger partial charge in [0.15, 0.2) is 0 Å². The average Bonchev–Trinajstić information content (AvgIpc) is 2.74. The third-order valence-corrected chi connectivity index (χ3v) is 3.58. The van der Waals surface area contributed by atoms with Crippen molar-refractivity contribution in [3.63, 3.8) is 0 Å². The van der Waals surface area contributed by atoms with Gasteiger partial charge in [0, 0.05) is 12.6 Å². The first kappa shape index (κ1) is 9.93. The zero-order valence-corrected chi connectivity index (χ0v) is 8.35. The summed E-state index contributed by atoms with van der Waals surface area (Å²) in [6, 6.07) is 0.183. The Morgan fingerprint density at radius 2 is 2.36 bits per heavy atom. The summed E-state index contributed by atoms with van der Waals surface area (Å²) in [4.78, 5) is 13.2. The zero-order valence-electron chi connectivity index (χ0n) is 8.35. The van der Waals surface area contributed by atoms with Gasteiger partial charge >= 0.3 is 5.97 Å². The summed E-state index contributed by atoms with van der Waals surface area (Å²) in [7, 11) is 0. The highest BCUT2D eigenvalue weighted by Crippen LogP contribution is 2.38. The number of carboxylic acid groups (broad SMARTS) is 1. The van der Waals surface area contributed by atoms with E-state index in [-0.39, 0.29) is 6.04 Å². The van der Waals surface area contributed by atoms with Crippen LogP contribution in [0.15, 0.2) is 0 Å². The van der Waals surface area contributed by atoms with E-state index in [9.17, 15) is 4.79 Å². The number of nitrogens with zero attached hydrogens (tertiary/aromatic N) is 1. The zero-order chi connectivity index (χ0) is 10.1. The maximum Gasteiger partial charge on any atom is 0.320 e. The largest absolute Gasteiger partial charge is 0.480 e. The summed E-state index contributed by atoms with van der Waals surface area (Å²) in [5.41, 5.74) is 5.44. The number of hydrogen-bond acceptors (Lipinski definition) is 3. The van der Waals surface area contributed by atoms with E-state index < -0.39 is 5.97 Å². The monoisotopic (exact) mass is 198 g/mol. The third kappa shape index (κ3) is 1.64. The van der Waals surface area contributed by atoms with Crippen LogP contribution in [-0.4, -0.2) is 41.1 Å². The van der Waals surface area contributed by atoms with Crippen molar-refractivity contribution in [2.24, 2.45) is 11.7 Å². The molecule has 0 aromatic rings. The molecule has 4 nitrogen and oxygen atoms in total. The van der Waals surface area contributed by atoms with Crippen LogP contribution >= 0.6 is 0 Å². The molecule has 2 rings (SSSR count). The number of likely N-dealkylation sites (tertiary alicyclic amines) is 1. The fourth-order valence-electron chi connectivity index (χ4n) is 2.93. The number of piperidine rings is 1. The smallest absolute Gasteiger partial charge is 0.320 e. The standard InChI is InChI=1S/C10H18N2O2/c11-4-3-9(10(13)14)12-6-7-1-2-8(12)5-7/h7-9H,1-6,11H2,(H,13,14). The van der Waals surface area contributed by atoms with Crippen molar-refractivity contribution in [2.45, 2.75) is 37.8 Å². The third-order valence-electron chi connectivity index (χ3n) is 3.58. The molecule has 0 aromatic heterocycles. The minimum atomic E-state index is -0.706. The van der Waals surface area contributed by atoms with Gasteiger partial charge in [-0.2, -0.15) is 0 Å². The van der Waals surface area contributed by atoms with Gasteiger partial charge in [-0.15, -0.1) is 0 Å². The summed E-state index contributed by atoms with van der Waals surface area (Å²) in [5.74, 6) is 0.0441. The van der Waals surface area contributed by atoms with Gasteiger partial charge in [0.25, 0.3) is 0 Å². The van der Waals surface area contributed by atoms with Gasteiger partial charge in [0.1, 0.15) is 6.04 Å². The Kier molecular flexibility index (Phi) is 2.74. The van der Waals surface area contributed by atoms with Crippen molar-refractivity contribution in [1.82, 2.24) is 4.90 Å². The summed E-state index contributed by atoms with van der Waals surface area (Å²) in [5, 5.41) is 9.10. The Bertz CT molecular complexity index is 232. The number of rotatable bonds is 4. The molecule has 4 heteroatoms. The number of hydrogen-bond donors (Lipinski definition) is 2. The van der Waals surface area contributed by atoms with Crippen molar-refractivity contribution in [3.05, 3.63) is 0 Å². The second-order valence-electron chi connectivity index (χ2n) is 4.46. The van der Waals surface area contributed by atoms with Crippen LogP contribution in [0.5, 0.6) is 0 Å². The van der Waals surface area contributed by atoms with E-state index in [0.717, 1.165) is 12.5 Å². The van der Waals surface area contributed by atoms with Gasteiger partial charge in [-0.05, 0) is 38.1 Å². The van der Waals surface area contributed by atoms with Gasteiger partial charge in [-0.1, -0.05) is 0 Å². The lowest BCUT2D eigenvalue weighted by molar-refractivity contribution is -0.144. The van der Waals surface area contributed by atoms with Gasteiger partial charge in [-0.25, -0.2) is 0 Å². The molecule has 80 valence electrons. The van der Waals surface area contributed by atoms with Crippen LogP contribution in [0.2, 0.25) is 0 Å². The Morgan fingerprint density at radius 1 is 1.57 bits per heavy atom. The highest BCUT2D eigenvalue weighted by molar-refractivity contribution is 5.73.